The summed E-state index contributed by atoms with van der Waals surface area (Å²) >= 11 is 0. The van der Waals surface area contributed by atoms with Crippen molar-refractivity contribution >= 4 is 17.8 Å². The van der Waals surface area contributed by atoms with Crippen LogP contribution in [0.1, 0.15) is 31.9 Å². The lowest BCUT2D eigenvalue weighted by Crippen LogP contribution is -2.32. The van der Waals surface area contributed by atoms with Gasteiger partial charge in [0.2, 0.25) is 17.8 Å². The smallest absolute Gasteiger partial charge is 0.232 e. The number of anilines is 3. The fourth-order valence-corrected chi connectivity index (χ4v) is 2.73. The van der Waals surface area contributed by atoms with Gasteiger partial charge in [0.15, 0.2) is 0 Å². The van der Waals surface area contributed by atoms with Crippen LogP contribution in [0.25, 0.3) is 0 Å². The van der Waals surface area contributed by atoms with Crippen LogP contribution in [0.5, 0.6) is 0 Å². The van der Waals surface area contributed by atoms with Gasteiger partial charge in [-0.05, 0) is 38.3 Å². The molecule has 1 aliphatic rings. The Morgan fingerprint density at radius 1 is 1.09 bits per heavy atom. The molecule has 2 N–H and O–H groups in total. The van der Waals surface area contributed by atoms with Crippen LogP contribution in [0.2, 0.25) is 0 Å². The van der Waals surface area contributed by atoms with E-state index in [1.54, 1.807) is 0 Å². The normalized spacial score (nSPS) is 13.8. The van der Waals surface area contributed by atoms with Crippen molar-refractivity contribution in [2.24, 2.45) is 0 Å². The van der Waals surface area contributed by atoms with Gasteiger partial charge in [0.25, 0.3) is 0 Å². The zero-order valence-electron chi connectivity index (χ0n) is 14.0. The maximum Gasteiger partial charge on any atom is 0.232 e. The first kappa shape index (κ1) is 15.5. The molecule has 0 spiro atoms. The van der Waals surface area contributed by atoms with E-state index in [0.29, 0.717) is 11.9 Å². The highest BCUT2D eigenvalue weighted by atomic mass is 15.3. The predicted octanol–water partition coefficient (Wildman–Crippen LogP) is 2.69. The van der Waals surface area contributed by atoms with E-state index >= 15 is 0 Å². The minimum atomic E-state index is 0.279. The van der Waals surface area contributed by atoms with Crippen molar-refractivity contribution in [2.45, 2.75) is 39.8 Å². The number of rotatable bonds is 5. The molecule has 0 saturated heterocycles. The standard InChI is InChI=1S/C17H24N6/c1-4-18-15-20-16(19-12(2)3)22-17(21-15)23-10-9-13-7-5-6-8-14(13)11-23/h5-8,12H,4,9-11H2,1-3H3,(H2,18,19,20,21,22). The van der Waals surface area contributed by atoms with Crippen LogP contribution in [0, 0.1) is 0 Å². The molecule has 0 unspecified atom stereocenters. The number of nitrogens with zero attached hydrogens (tertiary/aromatic N) is 4. The number of benzene rings is 1. The van der Waals surface area contributed by atoms with Crippen molar-refractivity contribution in [3.63, 3.8) is 0 Å². The summed E-state index contributed by atoms with van der Waals surface area (Å²) in [6.45, 7) is 8.74. The maximum absolute atomic E-state index is 4.60. The lowest BCUT2D eigenvalue weighted by molar-refractivity contribution is 0.704. The molecule has 2 heterocycles. The van der Waals surface area contributed by atoms with Gasteiger partial charge in [0.05, 0.1) is 0 Å². The quantitative estimate of drug-likeness (QED) is 0.885. The van der Waals surface area contributed by atoms with E-state index in [4.69, 9.17) is 0 Å². The number of nitrogens with one attached hydrogen (secondary N) is 2. The molecule has 0 atom stereocenters. The third kappa shape index (κ3) is 3.70. The van der Waals surface area contributed by atoms with E-state index in [9.17, 15) is 0 Å². The molecule has 3 rings (SSSR count). The Labute approximate surface area is 137 Å². The molecule has 1 aliphatic heterocycles. The fraction of sp³-hybridized carbons (Fsp3) is 0.471. The maximum atomic E-state index is 4.60. The van der Waals surface area contributed by atoms with Crippen molar-refractivity contribution < 1.29 is 0 Å². The average molecular weight is 312 g/mol. The first-order valence-corrected chi connectivity index (χ1v) is 8.24. The molecule has 122 valence electrons. The Hall–Kier alpha value is -2.37. The first-order valence-electron chi connectivity index (χ1n) is 8.24. The molecule has 23 heavy (non-hydrogen) atoms. The molecule has 6 heteroatoms. The van der Waals surface area contributed by atoms with Gasteiger partial charge in [-0.3, -0.25) is 0 Å². The second-order valence-corrected chi connectivity index (χ2v) is 6.05. The minimum Gasteiger partial charge on any atom is -0.354 e. The third-order valence-electron chi connectivity index (χ3n) is 3.79. The first-order chi connectivity index (χ1) is 11.2. The highest BCUT2D eigenvalue weighted by Crippen LogP contribution is 2.23. The summed E-state index contributed by atoms with van der Waals surface area (Å²) in [5, 5.41) is 6.46. The lowest BCUT2D eigenvalue weighted by Gasteiger charge is -2.29. The molecule has 0 amide bonds. The van der Waals surface area contributed by atoms with Gasteiger partial charge in [0.1, 0.15) is 0 Å². The second kappa shape index (κ2) is 6.81. The van der Waals surface area contributed by atoms with Crippen molar-refractivity contribution in [1.29, 1.82) is 0 Å². The SMILES string of the molecule is CCNc1nc(NC(C)C)nc(N2CCc3ccccc3C2)n1. The van der Waals surface area contributed by atoms with E-state index in [1.807, 2.05) is 6.92 Å². The summed E-state index contributed by atoms with van der Waals surface area (Å²) in [6, 6.07) is 8.86. The van der Waals surface area contributed by atoms with Crippen LogP contribution in [0.3, 0.4) is 0 Å². The Morgan fingerprint density at radius 2 is 1.83 bits per heavy atom. The third-order valence-corrected chi connectivity index (χ3v) is 3.79. The number of hydrogen-bond donors (Lipinski definition) is 2. The molecule has 0 saturated carbocycles. The monoisotopic (exact) mass is 312 g/mol. The van der Waals surface area contributed by atoms with Gasteiger partial charge in [-0.1, -0.05) is 24.3 Å². The van der Waals surface area contributed by atoms with E-state index in [2.05, 4.69) is 68.6 Å². The van der Waals surface area contributed by atoms with Crippen molar-refractivity contribution in [1.82, 2.24) is 15.0 Å². The summed E-state index contributed by atoms with van der Waals surface area (Å²) in [7, 11) is 0. The summed E-state index contributed by atoms with van der Waals surface area (Å²) < 4.78 is 0. The largest absolute Gasteiger partial charge is 0.354 e. The Morgan fingerprint density at radius 3 is 2.57 bits per heavy atom. The van der Waals surface area contributed by atoms with Crippen LogP contribution in [-0.2, 0) is 13.0 Å². The summed E-state index contributed by atoms with van der Waals surface area (Å²) in [4.78, 5) is 15.8. The molecular formula is C17H24N6. The van der Waals surface area contributed by atoms with E-state index in [-0.39, 0.29) is 6.04 Å². The highest BCUT2D eigenvalue weighted by molar-refractivity contribution is 5.46. The summed E-state index contributed by atoms with van der Waals surface area (Å²) in [5.41, 5.74) is 2.77. The zero-order chi connectivity index (χ0) is 16.2. The van der Waals surface area contributed by atoms with Crippen LogP contribution in [-0.4, -0.2) is 34.1 Å². The Bertz CT molecular complexity index is 670. The fourth-order valence-electron chi connectivity index (χ4n) is 2.73. The predicted molar refractivity (Wildman–Crippen MR) is 93.9 cm³/mol. The van der Waals surface area contributed by atoms with Crippen LogP contribution in [0.4, 0.5) is 17.8 Å². The highest BCUT2D eigenvalue weighted by Gasteiger charge is 2.19. The average Bonchev–Trinajstić information content (AvgIpc) is 2.54. The van der Waals surface area contributed by atoms with Crippen molar-refractivity contribution in [3.05, 3.63) is 35.4 Å². The van der Waals surface area contributed by atoms with Gasteiger partial charge in [0, 0.05) is 25.7 Å². The molecule has 0 fully saturated rings. The van der Waals surface area contributed by atoms with Crippen molar-refractivity contribution in [3.8, 4) is 0 Å². The minimum absolute atomic E-state index is 0.279. The van der Waals surface area contributed by atoms with Crippen LogP contribution >= 0.6 is 0 Å². The van der Waals surface area contributed by atoms with Gasteiger partial charge >= 0.3 is 0 Å². The number of hydrogen-bond acceptors (Lipinski definition) is 6. The summed E-state index contributed by atoms with van der Waals surface area (Å²) in [5.74, 6) is 1.98. The van der Waals surface area contributed by atoms with E-state index in [1.165, 1.54) is 11.1 Å². The van der Waals surface area contributed by atoms with Gasteiger partial charge in [-0.15, -0.1) is 0 Å². The Kier molecular flexibility index (Phi) is 4.60. The molecule has 2 aromatic rings. The van der Waals surface area contributed by atoms with E-state index < -0.39 is 0 Å². The van der Waals surface area contributed by atoms with E-state index in [0.717, 1.165) is 32.0 Å². The van der Waals surface area contributed by atoms with Crippen LogP contribution < -0.4 is 15.5 Å². The van der Waals surface area contributed by atoms with Crippen LogP contribution in [0.15, 0.2) is 24.3 Å². The second-order valence-electron chi connectivity index (χ2n) is 6.05. The molecule has 0 radical (unpaired) electrons. The molecular weight excluding hydrogens is 288 g/mol. The van der Waals surface area contributed by atoms with Crippen molar-refractivity contribution in [2.75, 3.05) is 28.6 Å². The van der Waals surface area contributed by atoms with Gasteiger partial charge in [-0.25, -0.2) is 0 Å². The van der Waals surface area contributed by atoms with Gasteiger partial charge < -0.3 is 15.5 Å². The molecule has 1 aromatic carbocycles. The summed E-state index contributed by atoms with van der Waals surface area (Å²) in [6.07, 6.45) is 1.02. The molecule has 6 nitrogen and oxygen atoms in total. The topological polar surface area (TPSA) is 66.0 Å². The number of aromatic nitrogens is 3. The molecule has 0 aliphatic carbocycles. The molecule has 0 bridgehead atoms. The Balaban J connectivity index is 1.88. The lowest BCUT2D eigenvalue weighted by atomic mass is 10.0. The zero-order valence-corrected chi connectivity index (χ0v) is 14.0. The van der Waals surface area contributed by atoms with Gasteiger partial charge in [-0.2, -0.15) is 15.0 Å². The number of fused-ring (bicyclic) bond motifs is 1. The molecule has 1 aromatic heterocycles.